The summed E-state index contributed by atoms with van der Waals surface area (Å²) in [4.78, 5) is 0. The number of halogens is 3. The summed E-state index contributed by atoms with van der Waals surface area (Å²) in [6.45, 7) is 3.32. The number of alkyl halides is 3. The van der Waals surface area contributed by atoms with Gasteiger partial charge in [0.2, 0.25) is 0 Å². The molecule has 0 aliphatic heterocycles. The lowest BCUT2D eigenvalue weighted by Crippen LogP contribution is -2.31. The van der Waals surface area contributed by atoms with Crippen LogP contribution in [-0.4, -0.2) is 17.2 Å². The molecule has 0 heterocycles. The van der Waals surface area contributed by atoms with Crippen LogP contribution in [0.5, 0.6) is 0 Å². The minimum atomic E-state index is -4.51. The zero-order valence-electron chi connectivity index (χ0n) is 7.62. The molecule has 1 aromatic rings. The second kappa shape index (κ2) is 4.08. The topological polar surface area (TPSA) is 40.5 Å². The Bertz CT molecular complexity index is 374. The lowest BCUT2D eigenvalue weighted by Gasteiger charge is -2.10. The SMILES string of the molecule is C=Cc1cc(B(O)O)cc(C(F)(F)F)c1. The van der Waals surface area contributed by atoms with Crippen molar-refractivity contribution in [2.24, 2.45) is 0 Å². The van der Waals surface area contributed by atoms with Gasteiger partial charge in [-0.3, -0.25) is 0 Å². The van der Waals surface area contributed by atoms with Gasteiger partial charge in [0.25, 0.3) is 0 Å². The summed E-state index contributed by atoms with van der Waals surface area (Å²) in [5, 5.41) is 17.6. The highest BCUT2D eigenvalue weighted by molar-refractivity contribution is 6.58. The molecule has 0 unspecified atom stereocenters. The molecule has 1 rings (SSSR count). The molecule has 80 valence electrons. The first kappa shape index (κ1) is 11.8. The largest absolute Gasteiger partial charge is 0.488 e. The maximum absolute atomic E-state index is 12.4. The molecule has 0 fully saturated rings. The van der Waals surface area contributed by atoms with Crippen molar-refractivity contribution < 1.29 is 23.2 Å². The lowest BCUT2D eigenvalue weighted by molar-refractivity contribution is -0.137. The van der Waals surface area contributed by atoms with Crippen LogP contribution in [0.1, 0.15) is 11.1 Å². The van der Waals surface area contributed by atoms with Gasteiger partial charge >= 0.3 is 13.3 Å². The van der Waals surface area contributed by atoms with E-state index in [4.69, 9.17) is 10.0 Å². The fraction of sp³-hybridized carbons (Fsp3) is 0.111. The van der Waals surface area contributed by atoms with Crippen LogP contribution >= 0.6 is 0 Å². The van der Waals surface area contributed by atoms with Crippen LogP contribution in [0, 0.1) is 0 Å². The molecular weight excluding hydrogens is 208 g/mol. The minimum Gasteiger partial charge on any atom is -0.423 e. The summed E-state index contributed by atoms with van der Waals surface area (Å²) in [5.74, 6) is 0. The third-order valence-corrected chi connectivity index (χ3v) is 1.84. The van der Waals surface area contributed by atoms with Gasteiger partial charge in [-0.05, 0) is 17.1 Å². The van der Waals surface area contributed by atoms with Gasteiger partial charge in [0.1, 0.15) is 0 Å². The van der Waals surface area contributed by atoms with Crippen molar-refractivity contribution in [2.75, 3.05) is 0 Å². The van der Waals surface area contributed by atoms with E-state index in [0.29, 0.717) is 6.07 Å². The summed E-state index contributed by atoms with van der Waals surface area (Å²) in [7, 11) is -1.93. The average Bonchev–Trinajstić information content (AvgIpc) is 2.15. The van der Waals surface area contributed by atoms with Crippen LogP contribution in [0.25, 0.3) is 6.08 Å². The van der Waals surface area contributed by atoms with E-state index in [9.17, 15) is 13.2 Å². The van der Waals surface area contributed by atoms with Crippen molar-refractivity contribution in [1.82, 2.24) is 0 Å². The summed E-state index contributed by atoms with van der Waals surface area (Å²) in [6, 6.07) is 2.81. The zero-order chi connectivity index (χ0) is 11.6. The van der Waals surface area contributed by atoms with E-state index >= 15 is 0 Å². The van der Waals surface area contributed by atoms with E-state index in [1.807, 2.05) is 0 Å². The van der Waals surface area contributed by atoms with Crippen LogP contribution in [0.2, 0.25) is 0 Å². The predicted molar refractivity (Wildman–Crippen MR) is 51.4 cm³/mol. The van der Waals surface area contributed by atoms with E-state index in [-0.39, 0.29) is 11.0 Å². The van der Waals surface area contributed by atoms with Gasteiger partial charge in [-0.1, -0.05) is 24.8 Å². The maximum atomic E-state index is 12.4. The number of hydrogen-bond donors (Lipinski definition) is 2. The first-order valence-electron chi connectivity index (χ1n) is 4.05. The highest BCUT2D eigenvalue weighted by Gasteiger charge is 2.31. The van der Waals surface area contributed by atoms with Gasteiger partial charge in [0.05, 0.1) is 5.56 Å². The van der Waals surface area contributed by atoms with E-state index in [1.165, 1.54) is 12.1 Å². The Labute approximate surface area is 84.8 Å². The van der Waals surface area contributed by atoms with Gasteiger partial charge in [0, 0.05) is 0 Å². The minimum absolute atomic E-state index is 0.188. The Kier molecular flexibility index (Phi) is 3.21. The van der Waals surface area contributed by atoms with E-state index in [1.54, 1.807) is 0 Å². The second-order valence-electron chi connectivity index (χ2n) is 2.96. The molecular formula is C9H8BF3O2. The van der Waals surface area contributed by atoms with Crippen molar-refractivity contribution >= 4 is 18.7 Å². The van der Waals surface area contributed by atoms with Crippen LogP contribution in [0.15, 0.2) is 24.8 Å². The first-order valence-corrected chi connectivity index (χ1v) is 4.05. The summed E-state index contributed by atoms with van der Waals surface area (Å²) in [5.41, 5.74) is -0.948. The van der Waals surface area contributed by atoms with Crippen molar-refractivity contribution in [1.29, 1.82) is 0 Å². The van der Waals surface area contributed by atoms with Gasteiger partial charge in [-0.2, -0.15) is 13.2 Å². The molecule has 0 bridgehead atoms. The van der Waals surface area contributed by atoms with Crippen molar-refractivity contribution in [3.05, 3.63) is 35.9 Å². The maximum Gasteiger partial charge on any atom is 0.488 e. The van der Waals surface area contributed by atoms with E-state index in [0.717, 1.165) is 6.07 Å². The van der Waals surface area contributed by atoms with Gasteiger partial charge in [-0.25, -0.2) is 0 Å². The Hall–Kier alpha value is -1.27. The zero-order valence-corrected chi connectivity index (χ0v) is 7.62. The molecule has 0 radical (unpaired) electrons. The summed E-state index contributed by atoms with van der Waals surface area (Å²) >= 11 is 0. The van der Waals surface area contributed by atoms with Crippen molar-refractivity contribution in [3.8, 4) is 0 Å². The van der Waals surface area contributed by atoms with Crippen molar-refractivity contribution in [2.45, 2.75) is 6.18 Å². The van der Waals surface area contributed by atoms with Gasteiger partial charge in [-0.15, -0.1) is 0 Å². The molecule has 0 spiro atoms. The lowest BCUT2D eigenvalue weighted by atomic mass is 9.78. The van der Waals surface area contributed by atoms with Crippen LogP contribution in [-0.2, 0) is 6.18 Å². The molecule has 0 aliphatic rings. The molecule has 2 N–H and O–H groups in total. The Morgan fingerprint density at radius 1 is 1.20 bits per heavy atom. The molecule has 0 saturated heterocycles. The number of hydrogen-bond acceptors (Lipinski definition) is 2. The van der Waals surface area contributed by atoms with Crippen LogP contribution in [0.3, 0.4) is 0 Å². The molecule has 0 amide bonds. The van der Waals surface area contributed by atoms with E-state index < -0.39 is 18.9 Å². The second-order valence-corrected chi connectivity index (χ2v) is 2.96. The highest BCUT2D eigenvalue weighted by Crippen LogP contribution is 2.29. The normalized spacial score (nSPS) is 11.3. The molecule has 0 aliphatic carbocycles. The Morgan fingerprint density at radius 3 is 2.20 bits per heavy atom. The molecule has 1 aromatic carbocycles. The molecule has 2 nitrogen and oxygen atoms in total. The average molecular weight is 216 g/mol. The highest BCUT2D eigenvalue weighted by atomic mass is 19.4. The molecule has 15 heavy (non-hydrogen) atoms. The predicted octanol–water partition coefficient (Wildman–Crippen LogP) is 1.03. The quantitative estimate of drug-likeness (QED) is 0.724. The van der Waals surface area contributed by atoms with Crippen LogP contribution in [0.4, 0.5) is 13.2 Å². The molecule has 0 aromatic heterocycles. The first-order chi connectivity index (χ1) is 6.84. The molecule has 0 atom stereocenters. The van der Waals surface area contributed by atoms with Crippen molar-refractivity contribution in [3.63, 3.8) is 0 Å². The summed E-state index contributed by atoms with van der Waals surface area (Å²) < 4.78 is 37.1. The fourth-order valence-electron chi connectivity index (χ4n) is 1.11. The van der Waals surface area contributed by atoms with E-state index in [2.05, 4.69) is 6.58 Å². The molecule has 0 saturated carbocycles. The molecule has 6 heteroatoms. The van der Waals surface area contributed by atoms with Gasteiger partial charge in [0.15, 0.2) is 0 Å². The Morgan fingerprint density at radius 2 is 1.80 bits per heavy atom. The Balaban J connectivity index is 3.29. The monoisotopic (exact) mass is 216 g/mol. The summed E-state index contributed by atoms with van der Waals surface area (Å²) in [6.07, 6.45) is -3.30. The smallest absolute Gasteiger partial charge is 0.423 e. The van der Waals surface area contributed by atoms with Gasteiger partial charge < -0.3 is 10.0 Å². The standard InChI is InChI=1S/C9H8BF3O2/c1-2-6-3-7(9(11,12)13)5-8(4-6)10(14)15/h2-5,14-15H,1H2. The third kappa shape index (κ3) is 2.84. The fourth-order valence-corrected chi connectivity index (χ4v) is 1.11. The van der Waals surface area contributed by atoms with Crippen LogP contribution < -0.4 is 5.46 Å². The number of benzene rings is 1. The number of rotatable bonds is 2. The third-order valence-electron chi connectivity index (χ3n) is 1.84.